The molecule has 0 amide bonds. The van der Waals surface area contributed by atoms with Crippen molar-refractivity contribution in [2.24, 2.45) is 7.05 Å². The van der Waals surface area contributed by atoms with Gasteiger partial charge in [0.2, 0.25) is 11.2 Å². The van der Waals surface area contributed by atoms with Gasteiger partial charge in [-0.1, -0.05) is 23.8 Å². The molecule has 2 heterocycles. The van der Waals surface area contributed by atoms with E-state index < -0.39 is 0 Å². The summed E-state index contributed by atoms with van der Waals surface area (Å²) < 4.78 is 2.25. The summed E-state index contributed by atoms with van der Waals surface area (Å²) in [6, 6.07) is 15.1. The summed E-state index contributed by atoms with van der Waals surface area (Å²) in [7, 11) is 2.12. The molecule has 4 heteroatoms. The van der Waals surface area contributed by atoms with Crippen LogP contribution in [0, 0.1) is 20.8 Å². The molecule has 2 aromatic heterocycles. The Morgan fingerprint density at radius 3 is 2.38 bits per heavy atom. The average molecular weight is 341 g/mol. The van der Waals surface area contributed by atoms with Gasteiger partial charge < -0.3 is 0 Å². The van der Waals surface area contributed by atoms with Gasteiger partial charge in [0.1, 0.15) is 19.7 Å². The Labute approximate surface area is 153 Å². The largest absolute Gasteiger partial charge is 0.225 e. The summed E-state index contributed by atoms with van der Waals surface area (Å²) in [5.41, 5.74) is 8.57. The highest BCUT2D eigenvalue weighted by atomic mass is 15.0. The summed E-state index contributed by atoms with van der Waals surface area (Å²) in [6.07, 6.45) is 3.07. The third-order valence-corrected chi connectivity index (χ3v) is 5.04. The van der Waals surface area contributed by atoms with Crippen LogP contribution in [0.4, 0.5) is 0 Å². The van der Waals surface area contributed by atoms with E-state index in [2.05, 4.69) is 89.8 Å². The minimum atomic E-state index is 0.695. The van der Waals surface area contributed by atoms with E-state index in [0.29, 0.717) is 5.82 Å². The Bertz CT molecular complexity index is 1120. The van der Waals surface area contributed by atoms with Gasteiger partial charge in [0.25, 0.3) is 0 Å². The molecule has 26 heavy (non-hydrogen) atoms. The number of aryl methyl sites for hydroxylation is 3. The van der Waals surface area contributed by atoms with E-state index in [4.69, 9.17) is 0 Å². The van der Waals surface area contributed by atoms with Gasteiger partial charge >= 0.3 is 0 Å². The van der Waals surface area contributed by atoms with Crippen LogP contribution in [0.3, 0.4) is 0 Å². The number of benzene rings is 2. The second-order valence-corrected chi connectivity index (χ2v) is 6.73. The lowest BCUT2D eigenvalue weighted by Crippen LogP contribution is -2.32. The molecule has 0 atom stereocenters. The highest BCUT2D eigenvalue weighted by Crippen LogP contribution is 2.29. The van der Waals surface area contributed by atoms with Gasteiger partial charge in [-0.15, -0.1) is 0 Å². The van der Waals surface area contributed by atoms with Crippen molar-refractivity contribution in [2.75, 3.05) is 0 Å². The van der Waals surface area contributed by atoms with Crippen molar-refractivity contribution in [1.29, 1.82) is 0 Å². The third kappa shape index (κ3) is 2.64. The molecule has 4 nitrogen and oxygen atoms in total. The normalized spacial score (nSPS) is 11.1. The molecule has 0 aliphatic heterocycles. The lowest BCUT2D eigenvalue weighted by atomic mass is 9.96. The Morgan fingerprint density at radius 2 is 1.62 bits per heavy atom. The molecule has 0 spiro atoms. The first-order chi connectivity index (χ1) is 12.6. The lowest BCUT2D eigenvalue weighted by Gasteiger charge is -2.11. The van der Waals surface area contributed by atoms with Crippen molar-refractivity contribution < 1.29 is 4.57 Å². The zero-order valence-corrected chi connectivity index (χ0v) is 15.5. The van der Waals surface area contributed by atoms with Crippen LogP contribution in [0.2, 0.25) is 0 Å². The van der Waals surface area contributed by atoms with E-state index in [-0.39, 0.29) is 0 Å². The van der Waals surface area contributed by atoms with Gasteiger partial charge in [0, 0.05) is 23.3 Å². The predicted octanol–water partition coefficient (Wildman–Crippen LogP) is 4.11. The molecule has 2 aromatic carbocycles. The van der Waals surface area contributed by atoms with E-state index in [1.54, 1.807) is 0 Å². The maximum absolute atomic E-state index is 4.32. The second kappa shape index (κ2) is 6.30. The molecule has 0 bridgehead atoms. The molecule has 0 N–H and O–H groups in total. The van der Waals surface area contributed by atoms with Crippen molar-refractivity contribution in [3.8, 4) is 22.6 Å². The monoisotopic (exact) mass is 341 g/mol. The van der Waals surface area contributed by atoms with Crippen molar-refractivity contribution in [2.45, 2.75) is 20.8 Å². The summed E-state index contributed by atoms with van der Waals surface area (Å²) >= 11 is 0. The van der Waals surface area contributed by atoms with Gasteiger partial charge in [-0.05, 0) is 44.0 Å². The highest BCUT2D eigenvalue weighted by Gasteiger charge is 2.19. The van der Waals surface area contributed by atoms with Crippen LogP contribution in [0.5, 0.6) is 0 Å². The first-order valence-electron chi connectivity index (χ1n) is 8.68. The number of rotatable bonds is 2. The third-order valence-electron chi connectivity index (χ3n) is 5.04. The molecule has 4 aromatic rings. The zero-order valence-electron chi connectivity index (χ0n) is 15.5. The van der Waals surface area contributed by atoms with Crippen LogP contribution < -0.4 is 4.57 Å². The first kappa shape index (κ1) is 16.3. The summed E-state index contributed by atoms with van der Waals surface area (Å²) in [6.45, 7) is 6.51. The smallest absolute Gasteiger partial charge is 0.213 e. The number of hydrogen-bond acceptors (Lipinski definition) is 3. The van der Waals surface area contributed by atoms with Crippen molar-refractivity contribution in [3.63, 3.8) is 0 Å². The maximum atomic E-state index is 4.32. The summed E-state index contributed by atoms with van der Waals surface area (Å²) in [5.74, 6) is 0.695. The van der Waals surface area contributed by atoms with Gasteiger partial charge in [-0.25, -0.2) is 15.0 Å². The lowest BCUT2D eigenvalue weighted by molar-refractivity contribution is -0.633. The topological polar surface area (TPSA) is 42.6 Å². The Hall–Kier alpha value is -3.14. The fourth-order valence-electron chi connectivity index (χ4n) is 3.57. The van der Waals surface area contributed by atoms with E-state index >= 15 is 0 Å². The van der Waals surface area contributed by atoms with Crippen LogP contribution in [-0.2, 0) is 7.05 Å². The molecule has 0 aliphatic carbocycles. The number of fused-ring (bicyclic) bond motifs is 1. The van der Waals surface area contributed by atoms with Crippen LogP contribution in [0.1, 0.15) is 16.7 Å². The summed E-state index contributed by atoms with van der Waals surface area (Å²) in [4.78, 5) is 12.6. The van der Waals surface area contributed by atoms with Crippen molar-refractivity contribution in [3.05, 3.63) is 71.8 Å². The minimum absolute atomic E-state index is 0.695. The molecule has 0 radical (unpaired) electrons. The van der Waals surface area contributed by atoms with E-state index in [1.165, 1.54) is 40.6 Å². The van der Waals surface area contributed by atoms with Crippen LogP contribution in [0.15, 0.2) is 55.1 Å². The molecule has 0 aliphatic rings. The first-order valence-corrected chi connectivity index (χ1v) is 8.68. The number of aromatic nitrogens is 4. The fraction of sp³-hybridized carbons (Fsp3) is 0.182. The predicted molar refractivity (Wildman–Crippen MR) is 104 cm³/mol. The van der Waals surface area contributed by atoms with E-state index in [0.717, 1.165) is 16.5 Å². The molecule has 0 saturated carbocycles. The SMILES string of the molecule is Cc1cc(C)c(C)c(-c2ccc3c(-c4ncncn4)cccc3[n+]2C)c1. The Balaban J connectivity index is 1.98. The maximum Gasteiger partial charge on any atom is 0.213 e. The summed E-state index contributed by atoms with van der Waals surface area (Å²) in [5, 5.41) is 1.13. The zero-order chi connectivity index (χ0) is 18.3. The average Bonchev–Trinajstić information content (AvgIpc) is 2.66. The van der Waals surface area contributed by atoms with Crippen LogP contribution in [0.25, 0.3) is 33.5 Å². The van der Waals surface area contributed by atoms with Crippen LogP contribution in [-0.4, -0.2) is 15.0 Å². The van der Waals surface area contributed by atoms with Crippen LogP contribution >= 0.6 is 0 Å². The molecular formula is C22H21N4+. The van der Waals surface area contributed by atoms with Crippen molar-refractivity contribution in [1.82, 2.24) is 15.0 Å². The number of hydrogen-bond donors (Lipinski definition) is 0. The van der Waals surface area contributed by atoms with Gasteiger partial charge in [-0.2, -0.15) is 4.57 Å². The molecule has 4 rings (SSSR count). The Kier molecular flexibility index (Phi) is 3.96. The molecule has 0 saturated heterocycles. The van der Waals surface area contributed by atoms with Gasteiger partial charge in [0.05, 0.1) is 5.39 Å². The van der Waals surface area contributed by atoms with Gasteiger partial charge in [-0.3, -0.25) is 0 Å². The molecular weight excluding hydrogens is 320 g/mol. The fourth-order valence-corrected chi connectivity index (χ4v) is 3.57. The van der Waals surface area contributed by atoms with Gasteiger partial charge in [0.15, 0.2) is 5.82 Å². The Morgan fingerprint density at radius 1 is 0.846 bits per heavy atom. The molecule has 0 fully saturated rings. The second-order valence-electron chi connectivity index (χ2n) is 6.73. The number of pyridine rings is 1. The highest BCUT2D eigenvalue weighted by molar-refractivity contribution is 5.91. The molecule has 0 unspecified atom stereocenters. The minimum Gasteiger partial charge on any atom is -0.225 e. The van der Waals surface area contributed by atoms with Crippen molar-refractivity contribution >= 4 is 10.9 Å². The standard InChI is InChI=1S/C22H21N4/c1-14-10-15(2)16(3)19(11-14)21-9-8-17-18(22-24-12-23-13-25-22)6-5-7-20(17)26(21)4/h5-13H,1-4H3/q+1. The molecule has 128 valence electrons. The van der Waals surface area contributed by atoms with E-state index in [1.807, 2.05) is 0 Å². The quantitative estimate of drug-likeness (QED) is 0.515. The number of nitrogens with zero attached hydrogens (tertiary/aromatic N) is 4. The van der Waals surface area contributed by atoms with E-state index in [9.17, 15) is 0 Å².